The topological polar surface area (TPSA) is 71.1 Å². The number of nitrogens with one attached hydrogen (secondary N) is 2. The van der Waals surface area contributed by atoms with E-state index in [9.17, 15) is 9.59 Å². The molecule has 6 heteroatoms. The summed E-state index contributed by atoms with van der Waals surface area (Å²) in [6.07, 6.45) is 1.71. The molecule has 3 aromatic carbocycles. The number of aryl methyl sites for hydroxylation is 1. The number of carbonyl (C=O) groups excluding carboxylic acids is 2. The third-order valence-corrected chi connectivity index (χ3v) is 5.93. The summed E-state index contributed by atoms with van der Waals surface area (Å²) in [7, 11) is 0. The number of hydrogen-bond donors (Lipinski definition) is 2. The van der Waals surface area contributed by atoms with Gasteiger partial charge in [-0.05, 0) is 55.1 Å². The molecule has 4 rings (SSSR count). The number of fused-ring (bicyclic) bond motifs is 1. The highest BCUT2D eigenvalue weighted by atomic mass is 32.1. The Hall–Kier alpha value is -3.51. The van der Waals surface area contributed by atoms with Crippen LogP contribution in [0.25, 0.3) is 10.1 Å². The number of hydrogen-bond acceptors (Lipinski definition) is 4. The van der Waals surface area contributed by atoms with E-state index < -0.39 is 0 Å². The van der Waals surface area contributed by atoms with Crippen molar-refractivity contribution in [1.82, 2.24) is 9.69 Å². The summed E-state index contributed by atoms with van der Waals surface area (Å²) in [4.78, 5) is 25.7. The normalized spacial score (nSPS) is 11.8. The molecule has 0 radical (unpaired) electrons. The quantitative estimate of drug-likeness (QED) is 0.419. The number of para-hydroxylation sites is 1. The maximum absolute atomic E-state index is 12.9. The smallest absolute Gasteiger partial charge is 0.276 e. The third kappa shape index (κ3) is 4.98. The van der Waals surface area contributed by atoms with E-state index >= 15 is 0 Å². The molecule has 4 aromatic rings. The first-order valence-corrected chi connectivity index (χ1v) is 11.0. The van der Waals surface area contributed by atoms with Crippen LogP contribution in [0.4, 0.5) is 5.69 Å². The fourth-order valence-corrected chi connectivity index (χ4v) is 4.20. The molecule has 2 N–H and O–H groups in total. The molecule has 0 unspecified atom stereocenters. The van der Waals surface area contributed by atoms with Gasteiger partial charge in [0.05, 0.1) is 16.0 Å². The van der Waals surface area contributed by atoms with Crippen molar-refractivity contribution in [2.45, 2.75) is 25.8 Å². The van der Waals surface area contributed by atoms with Crippen LogP contribution in [0.2, 0.25) is 0 Å². The van der Waals surface area contributed by atoms with Crippen LogP contribution in [0, 0.1) is 0 Å². The molecule has 0 bridgehead atoms. The minimum Gasteiger partial charge on any atom is -0.350 e. The summed E-state index contributed by atoms with van der Waals surface area (Å²) < 4.78 is 5.25. The second kappa shape index (κ2) is 9.53. The fourth-order valence-electron chi connectivity index (χ4n) is 3.42. The molecule has 5 nitrogen and oxygen atoms in total. The van der Waals surface area contributed by atoms with Crippen LogP contribution in [-0.2, 0) is 6.42 Å². The van der Waals surface area contributed by atoms with Gasteiger partial charge in [0.15, 0.2) is 0 Å². The van der Waals surface area contributed by atoms with Gasteiger partial charge in [-0.25, -0.2) is 0 Å². The molecular weight excluding hydrogens is 406 g/mol. The number of nitrogens with zero attached hydrogens (tertiary/aromatic N) is 1. The lowest BCUT2D eigenvalue weighted by atomic mass is 10.1. The van der Waals surface area contributed by atoms with Gasteiger partial charge in [-0.1, -0.05) is 60.7 Å². The lowest BCUT2D eigenvalue weighted by molar-refractivity contribution is 0.0939. The summed E-state index contributed by atoms with van der Waals surface area (Å²) in [6, 6.07) is 24.8. The summed E-state index contributed by atoms with van der Waals surface area (Å²) in [5.74, 6) is -0.533. The van der Waals surface area contributed by atoms with Crippen molar-refractivity contribution in [1.29, 1.82) is 0 Å². The minimum absolute atomic E-state index is 0.000974. The van der Waals surface area contributed by atoms with E-state index in [1.165, 1.54) is 17.1 Å². The predicted octanol–water partition coefficient (Wildman–Crippen LogP) is 5.30. The zero-order chi connectivity index (χ0) is 21.6. The van der Waals surface area contributed by atoms with Crippen molar-refractivity contribution in [2.75, 3.05) is 5.32 Å². The lowest BCUT2D eigenvalue weighted by Gasteiger charge is -2.16. The van der Waals surface area contributed by atoms with Gasteiger partial charge >= 0.3 is 0 Å². The Morgan fingerprint density at radius 2 is 1.61 bits per heavy atom. The third-order valence-electron chi connectivity index (χ3n) is 5.10. The largest absolute Gasteiger partial charge is 0.350 e. The number of benzene rings is 3. The molecule has 1 heterocycles. The average molecular weight is 430 g/mol. The van der Waals surface area contributed by atoms with Crippen LogP contribution in [0.1, 0.15) is 39.8 Å². The van der Waals surface area contributed by atoms with Crippen molar-refractivity contribution in [3.63, 3.8) is 0 Å². The summed E-state index contributed by atoms with van der Waals surface area (Å²) in [6.45, 7) is 1.99. The van der Waals surface area contributed by atoms with E-state index in [1.807, 2.05) is 49.4 Å². The Kier molecular flexibility index (Phi) is 6.38. The number of carbonyl (C=O) groups is 2. The monoisotopic (exact) mass is 429 g/mol. The molecule has 0 aliphatic heterocycles. The molecule has 0 spiro atoms. The standard InChI is InChI=1S/C25H23N3O2S/c1-17(15-16-18-9-3-2-4-10-18)26-24(29)19-11-5-7-13-21(19)27-25(30)23-20-12-6-8-14-22(20)31-28-23/h2-14,17H,15-16H2,1H3,(H,26,29)(H,27,30)/t17-/m1/s1. The Bertz CT molecular complexity index is 1200. The van der Waals surface area contributed by atoms with Crippen molar-refractivity contribution in [3.8, 4) is 0 Å². The van der Waals surface area contributed by atoms with Crippen molar-refractivity contribution in [3.05, 3.63) is 95.7 Å². The van der Waals surface area contributed by atoms with Gasteiger partial charge in [0, 0.05) is 11.4 Å². The second-order valence-corrected chi connectivity index (χ2v) is 8.23. The SMILES string of the molecule is C[C@H](CCc1ccccc1)NC(=O)c1ccccc1NC(=O)c1nsc2ccccc12. The van der Waals surface area contributed by atoms with Crippen LogP contribution in [-0.4, -0.2) is 22.2 Å². The second-order valence-electron chi connectivity index (χ2n) is 7.43. The summed E-state index contributed by atoms with van der Waals surface area (Å²) in [5.41, 5.74) is 2.51. The first-order valence-electron chi connectivity index (χ1n) is 10.2. The molecule has 156 valence electrons. The average Bonchev–Trinajstić information content (AvgIpc) is 3.23. The number of aromatic nitrogens is 1. The van der Waals surface area contributed by atoms with Crippen LogP contribution in [0.15, 0.2) is 78.9 Å². The molecular formula is C25H23N3O2S. The van der Waals surface area contributed by atoms with Crippen LogP contribution in [0.3, 0.4) is 0 Å². The zero-order valence-electron chi connectivity index (χ0n) is 17.2. The van der Waals surface area contributed by atoms with Crippen LogP contribution < -0.4 is 10.6 Å². The molecule has 1 atom stereocenters. The van der Waals surface area contributed by atoms with E-state index in [4.69, 9.17) is 0 Å². The van der Waals surface area contributed by atoms with E-state index in [-0.39, 0.29) is 17.9 Å². The van der Waals surface area contributed by atoms with Gasteiger partial charge in [-0.15, -0.1) is 0 Å². The van der Waals surface area contributed by atoms with Gasteiger partial charge in [0.25, 0.3) is 11.8 Å². The number of amides is 2. The van der Waals surface area contributed by atoms with Crippen LogP contribution >= 0.6 is 11.5 Å². The van der Waals surface area contributed by atoms with Crippen LogP contribution in [0.5, 0.6) is 0 Å². The Morgan fingerprint density at radius 1 is 0.903 bits per heavy atom. The van der Waals surface area contributed by atoms with Gasteiger partial charge in [0.1, 0.15) is 5.69 Å². The van der Waals surface area contributed by atoms with Gasteiger partial charge in [0.2, 0.25) is 0 Å². The molecule has 2 amide bonds. The molecule has 31 heavy (non-hydrogen) atoms. The van der Waals surface area contributed by atoms with Crippen molar-refractivity contribution < 1.29 is 9.59 Å². The lowest BCUT2D eigenvalue weighted by Crippen LogP contribution is -2.33. The highest BCUT2D eigenvalue weighted by molar-refractivity contribution is 7.13. The van der Waals surface area contributed by atoms with Gasteiger partial charge in [-0.2, -0.15) is 4.37 Å². The number of rotatable bonds is 7. The highest BCUT2D eigenvalue weighted by Crippen LogP contribution is 2.24. The minimum atomic E-state index is -0.324. The predicted molar refractivity (Wildman–Crippen MR) is 126 cm³/mol. The molecule has 1 aromatic heterocycles. The molecule has 0 aliphatic carbocycles. The van der Waals surface area contributed by atoms with Crippen molar-refractivity contribution >= 4 is 39.1 Å². The zero-order valence-corrected chi connectivity index (χ0v) is 18.0. The Labute approximate surface area is 185 Å². The van der Waals surface area contributed by atoms with E-state index in [0.717, 1.165) is 22.9 Å². The van der Waals surface area contributed by atoms with E-state index in [2.05, 4.69) is 27.1 Å². The number of anilines is 1. The van der Waals surface area contributed by atoms with E-state index in [1.54, 1.807) is 24.3 Å². The maximum Gasteiger partial charge on any atom is 0.276 e. The first kappa shape index (κ1) is 20.8. The first-order chi connectivity index (χ1) is 15.1. The molecule has 0 saturated heterocycles. The maximum atomic E-state index is 12.9. The Balaban J connectivity index is 1.44. The summed E-state index contributed by atoms with van der Waals surface area (Å²) >= 11 is 1.29. The van der Waals surface area contributed by atoms with Crippen molar-refractivity contribution in [2.24, 2.45) is 0 Å². The van der Waals surface area contributed by atoms with E-state index in [0.29, 0.717) is 16.9 Å². The van der Waals surface area contributed by atoms with Gasteiger partial charge in [-0.3, -0.25) is 9.59 Å². The molecule has 0 fully saturated rings. The Morgan fingerprint density at radius 3 is 2.45 bits per heavy atom. The summed E-state index contributed by atoms with van der Waals surface area (Å²) in [5, 5.41) is 6.71. The van der Waals surface area contributed by atoms with Gasteiger partial charge < -0.3 is 10.6 Å². The molecule has 0 saturated carbocycles. The highest BCUT2D eigenvalue weighted by Gasteiger charge is 2.18. The molecule has 0 aliphatic rings. The fraction of sp³-hybridized carbons (Fsp3) is 0.160.